The van der Waals surface area contributed by atoms with E-state index in [-0.39, 0.29) is 17.9 Å². The zero-order valence-corrected chi connectivity index (χ0v) is 11.0. The minimum Gasteiger partial charge on any atom is -0.479 e. The van der Waals surface area contributed by atoms with Crippen LogP contribution in [0.4, 0.5) is 0 Å². The van der Waals surface area contributed by atoms with Gasteiger partial charge in [-0.05, 0) is 56.3 Å². The first-order chi connectivity index (χ1) is 8.98. The Kier molecular flexibility index (Phi) is 3.04. The average Bonchev–Trinajstić information content (AvgIpc) is 2.33. The van der Waals surface area contributed by atoms with Gasteiger partial charge in [0.2, 0.25) is 5.91 Å². The average molecular weight is 267 g/mol. The van der Waals surface area contributed by atoms with E-state index in [9.17, 15) is 14.7 Å². The quantitative estimate of drug-likeness (QED) is 0.702. The Bertz CT molecular complexity index is 371. The first kappa shape index (κ1) is 12.9. The lowest BCUT2D eigenvalue weighted by Gasteiger charge is -2.55. The highest BCUT2D eigenvalue weighted by atomic mass is 16.4. The Balaban J connectivity index is 1.65. The number of aliphatic hydroxyl groups excluding tert-OH is 1. The second-order valence-corrected chi connectivity index (χ2v) is 6.76. The fraction of sp³-hybridized carbons (Fsp3) is 0.857. The van der Waals surface area contributed by atoms with Gasteiger partial charge < -0.3 is 15.5 Å². The van der Waals surface area contributed by atoms with Gasteiger partial charge in [0.05, 0.1) is 6.54 Å². The van der Waals surface area contributed by atoms with Crippen molar-refractivity contribution in [2.24, 2.45) is 23.2 Å². The summed E-state index contributed by atoms with van der Waals surface area (Å²) in [5, 5.41) is 20.5. The number of hydrogen-bond donors (Lipinski definition) is 3. The molecule has 1 unspecified atom stereocenters. The molecule has 1 atom stereocenters. The third-order valence-electron chi connectivity index (χ3n) is 5.26. The Morgan fingerprint density at radius 3 is 2.00 bits per heavy atom. The zero-order valence-electron chi connectivity index (χ0n) is 11.0. The summed E-state index contributed by atoms with van der Waals surface area (Å²) in [6, 6.07) is 0. The van der Waals surface area contributed by atoms with E-state index in [1.54, 1.807) is 0 Å². The van der Waals surface area contributed by atoms with Crippen LogP contribution in [0, 0.1) is 23.2 Å². The number of aliphatic hydroxyl groups is 1. The van der Waals surface area contributed by atoms with Gasteiger partial charge >= 0.3 is 5.97 Å². The van der Waals surface area contributed by atoms with Gasteiger partial charge in [0.1, 0.15) is 0 Å². The molecule has 0 aromatic heterocycles. The Morgan fingerprint density at radius 2 is 1.58 bits per heavy atom. The van der Waals surface area contributed by atoms with E-state index in [0.29, 0.717) is 17.8 Å². The van der Waals surface area contributed by atoms with Crippen LogP contribution in [0.2, 0.25) is 0 Å². The summed E-state index contributed by atoms with van der Waals surface area (Å²) >= 11 is 0. The molecule has 4 bridgehead atoms. The van der Waals surface area contributed by atoms with Gasteiger partial charge in [-0.15, -0.1) is 0 Å². The largest absolute Gasteiger partial charge is 0.479 e. The van der Waals surface area contributed by atoms with Crippen molar-refractivity contribution in [1.29, 1.82) is 0 Å². The van der Waals surface area contributed by atoms with Crippen molar-refractivity contribution < 1.29 is 19.8 Å². The summed E-state index contributed by atoms with van der Waals surface area (Å²) in [7, 11) is 0. The smallest absolute Gasteiger partial charge is 0.334 e. The van der Waals surface area contributed by atoms with Crippen LogP contribution in [0.25, 0.3) is 0 Å². The minimum absolute atomic E-state index is 0.0353. The molecule has 19 heavy (non-hydrogen) atoms. The number of carbonyl (C=O) groups is 2. The van der Waals surface area contributed by atoms with Crippen molar-refractivity contribution in [2.75, 3.05) is 6.54 Å². The Labute approximate surface area is 112 Å². The maximum Gasteiger partial charge on any atom is 0.334 e. The van der Waals surface area contributed by atoms with E-state index in [2.05, 4.69) is 5.32 Å². The molecule has 0 aliphatic heterocycles. The molecule has 4 rings (SSSR count). The number of carboxylic acid groups (broad SMARTS) is 1. The van der Waals surface area contributed by atoms with Crippen molar-refractivity contribution in [2.45, 2.75) is 44.6 Å². The lowest BCUT2D eigenvalue weighted by atomic mass is 9.49. The molecule has 4 aliphatic rings. The van der Waals surface area contributed by atoms with Crippen molar-refractivity contribution >= 4 is 11.9 Å². The van der Waals surface area contributed by atoms with E-state index in [4.69, 9.17) is 5.11 Å². The molecule has 0 radical (unpaired) electrons. The third-order valence-corrected chi connectivity index (χ3v) is 5.26. The van der Waals surface area contributed by atoms with Crippen molar-refractivity contribution in [3.05, 3.63) is 0 Å². The second kappa shape index (κ2) is 4.47. The summed E-state index contributed by atoms with van der Waals surface area (Å²) in [6.45, 7) is -0.185. The van der Waals surface area contributed by atoms with Crippen LogP contribution < -0.4 is 5.32 Å². The maximum absolute atomic E-state index is 12.4. The predicted octanol–water partition coefficient (Wildman–Crippen LogP) is 0.764. The van der Waals surface area contributed by atoms with E-state index >= 15 is 0 Å². The predicted molar refractivity (Wildman–Crippen MR) is 67.3 cm³/mol. The monoisotopic (exact) mass is 267 g/mol. The summed E-state index contributed by atoms with van der Waals surface area (Å²) < 4.78 is 0. The topological polar surface area (TPSA) is 86.6 Å². The number of nitrogens with one attached hydrogen (secondary N) is 1. The molecule has 106 valence electrons. The Morgan fingerprint density at radius 1 is 1.11 bits per heavy atom. The van der Waals surface area contributed by atoms with Crippen LogP contribution in [0.15, 0.2) is 0 Å². The molecule has 1 amide bonds. The number of aliphatic carboxylic acids is 1. The van der Waals surface area contributed by atoms with Crippen LogP contribution in [0.5, 0.6) is 0 Å². The minimum atomic E-state index is -1.50. The normalized spacial score (nSPS) is 41.0. The molecule has 0 heterocycles. The van der Waals surface area contributed by atoms with Crippen LogP contribution in [-0.4, -0.2) is 34.7 Å². The van der Waals surface area contributed by atoms with E-state index in [1.165, 1.54) is 19.3 Å². The molecule has 0 spiro atoms. The number of hydrogen-bond acceptors (Lipinski definition) is 3. The van der Waals surface area contributed by atoms with Crippen LogP contribution in [0.1, 0.15) is 38.5 Å². The lowest BCUT2D eigenvalue weighted by molar-refractivity contribution is -0.149. The number of carboxylic acids is 1. The van der Waals surface area contributed by atoms with Crippen molar-refractivity contribution in [3.63, 3.8) is 0 Å². The maximum atomic E-state index is 12.4. The van der Waals surface area contributed by atoms with Crippen molar-refractivity contribution in [3.8, 4) is 0 Å². The fourth-order valence-corrected chi connectivity index (χ4v) is 4.85. The summed E-state index contributed by atoms with van der Waals surface area (Å²) in [5.41, 5.74) is -0.271. The Hall–Kier alpha value is -1.10. The van der Waals surface area contributed by atoms with Gasteiger partial charge in [0.25, 0.3) is 0 Å². The highest BCUT2D eigenvalue weighted by molar-refractivity contribution is 5.84. The SMILES string of the molecule is O=C(O)C(O)CNC(=O)C12CC3CC(CC(C3)C1)C2. The first-order valence-electron chi connectivity index (χ1n) is 7.18. The van der Waals surface area contributed by atoms with Gasteiger partial charge in [0, 0.05) is 5.41 Å². The molecule has 4 fully saturated rings. The van der Waals surface area contributed by atoms with Crippen LogP contribution in [-0.2, 0) is 9.59 Å². The molecule has 4 aliphatic carbocycles. The number of amides is 1. The first-order valence-corrected chi connectivity index (χ1v) is 7.18. The number of carbonyl (C=O) groups excluding carboxylic acids is 1. The number of rotatable bonds is 4. The highest BCUT2D eigenvalue weighted by Gasteiger charge is 2.54. The highest BCUT2D eigenvalue weighted by Crippen LogP contribution is 2.60. The molecule has 5 heteroatoms. The molecule has 0 aromatic carbocycles. The van der Waals surface area contributed by atoms with Crippen LogP contribution >= 0.6 is 0 Å². The van der Waals surface area contributed by atoms with Gasteiger partial charge in [-0.2, -0.15) is 0 Å². The summed E-state index contributed by atoms with van der Waals surface area (Å²) in [5.74, 6) is 0.724. The van der Waals surface area contributed by atoms with Gasteiger partial charge in [-0.1, -0.05) is 0 Å². The summed E-state index contributed by atoms with van der Waals surface area (Å²) in [6.07, 6.45) is 5.16. The van der Waals surface area contributed by atoms with E-state index in [1.807, 2.05) is 0 Å². The standard InChI is InChI=1S/C14H21NO4/c16-11(12(17)18)7-15-13(19)14-4-8-1-9(5-14)3-10(2-8)6-14/h8-11,16H,1-7H2,(H,15,19)(H,17,18). The molecule has 4 saturated carbocycles. The van der Waals surface area contributed by atoms with Gasteiger partial charge in [0.15, 0.2) is 6.10 Å². The molecule has 3 N–H and O–H groups in total. The second-order valence-electron chi connectivity index (χ2n) is 6.76. The molecule has 0 saturated heterocycles. The van der Waals surface area contributed by atoms with Gasteiger partial charge in [-0.25, -0.2) is 4.79 Å². The molecular weight excluding hydrogens is 246 g/mol. The fourth-order valence-electron chi connectivity index (χ4n) is 4.85. The zero-order chi connectivity index (χ0) is 13.6. The molecule has 0 aromatic rings. The van der Waals surface area contributed by atoms with E-state index < -0.39 is 12.1 Å². The molecule has 5 nitrogen and oxygen atoms in total. The van der Waals surface area contributed by atoms with Crippen LogP contribution in [0.3, 0.4) is 0 Å². The van der Waals surface area contributed by atoms with Gasteiger partial charge in [-0.3, -0.25) is 4.79 Å². The lowest BCUT2D eigenvalue weighted by Crippen LogP contribution is -2.54. The van der Waals surface area contributed by atoms with E-state index in [0.717, 1.165) is 19.3 Å². The summed E-state index contributed by atoms with van der Waals surface area (Å²) in [4.78, 5) is 23.0. The molecular formula is C14H21NO4. The third kappa shape index (κ3) is 2.24. The van der Waals surface area contributed by atoms with Crippen molar-refractivity contribution in [1.82, 2.24) is 5.32 Å².